The summed E-state index contributed by atoms with van der Waals surface area (Å²) in [5.41, 5.74) is 2.04. The van der Waals surface area contributed by atoms with Crippen molar-refractivity contribution < 1.29 is 14.1 Å². The summed E-state index contributed by atoms with van der Waals surface area (Å²) in [4.78, 5) is 16.5. The zero-order valence-corrected chi connectivity index (χ0v) is 14.2. The maximum absolute atomic E-state index is 12.1. The molecule has 7 heteroatoms. The largest absolute Gasteiger partial charge is 0.497 e. The summed E-state index contributed by atoms with van der Waals surface area (Å²) in [6, 6.07) is 9.01. The predicted molar refractivity (Wildman–Crippen MR) is 91.4 cm³/mol. The third-order valence-corrected chi connectivity index (χ3v) is 4.25. The van der Waals surface area contributed by atoms with Crippen LogP contribution in [0.25, 0.3) is 11.3 Å². The summed E-state index contributed by atoms with van der Waals surface area (Å²) >= 11 is 1.60. The zero-order chi connectivity index (χ0) is 16.9. The van der Waals surface area contributed by atoms with Crippen LogP contribution in [0.2, 0.25) is 0 Å². The molecule has 1 amide bonds. The second-order valence-corrected chi connectivity index (χ2v) is 6.23. The lowest BCUT2D eigenvalue weighted by Crippen LogP contribution is -2.26. The number of amides is 1. The fourth-order valence-corrected chi connectivity index (χ4v) is 2.86. The third kappa shape index (κ3) is 3.80. The molecule has 0 fully saturated rings. The number of thiazole rings is 1. The fourth-order valence-electron chi connectivity index (χ4n) is 2.21. The fraction of sp³-hybridized carbons (Fsp3) is 0.235. The van der Waals surface area contributed by atoms with E-state index in [0.29, 0.717) is 24.5 Å². The Morgan fingerprint density at radius 3 is 3.00 bits per heavy atom. The van der Waals surface area contributed by atoms with Crippen molar-refractivity contribution in [3.05, 3.63) is 52.1 Å². The molecule has 1 N–H and O–H groups in total. The van der Waals surface area contributed by atoms with Crippen LogP contribution in [0.4, 0.5) is 0 Å². The van der Waals surface area contributed by atoms with Crippen LogP contribution in [0.1, 0.15) is 21.2 Å². The van der Waals surface area contributed by atoms with Crippen molar-refractivity contribution >= 4 is 17.2 Å². The van der Waals surface area contributed by atoms with Crippen LogP contribution >= 0.6 is 11.3 Å². The quantitative estimate of drug-likeness (QED) is 0.744. The summed E-state index contributed by atoms with van der Waals surface area (Å²) < 4.78 is 10.4. The van der Waals surface area contributed by atoms with Gasteiger partial charge in [-0.3, -0.25) is 4.79 Å². The molecule has 0 atom stereocenters. The van der Waals surface area contributed by atoms with E-state index in [0.717, 1.165) is 16.3 Å². The number of nitrogens with zero attached hydrogens (tertiary/aromatic N) is 2. The number of ether oxygens (including phenoxy) is 1. The Morgan fingerprint density at radius 2 is 2.25 bits per heavy atom. The third-order valence-electron chi connectivity index (χ3n) is 3.43. The van der Waals surface area contributed by atoms with Crippen LogP contribution in [0.15, 0.2) is 40.2 Å². The van der Waals surface area contributed by atoms with Crippen molar-refractivity contribution in [1.82, 2.24) is 15.5 Å². The van der Waals surface area contributed by atoms with E-state index in [9.17, 15) is 4.79 Å². The summed E-state index contributed by atoms with van der Waals surface area (Å²) in [6.07, 6.45) is 0.691. The molecule has 0 aliphatic heterocycles. The zero-order valence-electron chi connectivity index (χ0n) is 13.4. The highest BCUT2D eigenvalue weighted by molar-refractivity contribution is 7.09. The molecule has 24 heavy (non-hydrogen) atoms. The van der Waals surface area contributed by atoms with E-state index in [4.69, 9.17) is 9.26 Å². The minimum absolute atomic E-state index is 0.252. The smallest absolute Gasteiger partial charge is 0.273 e. The van der Waals surface area contributed by atoms with Gasteiger partial charge in [0.2, 0.25) is 0 Å². The Labute approximate surface area is 143 Å². The first kappa shape index (κ1) is 16.2. The average Bonchev–Trinajstić information content (AvgIpc) is 3.24. The lowest BCUT2D eigenvalue weighted by Gasteiger charge is -2.01. The van der Waals surface area contributed by atoms with Crippen molar-refractivity contribution in [3.8, 4) is 17.1 Å². The number of benzene rings is 1. The van der Waals surface area contributed by atoms with Gasteiger partial charge >= 0.3 is 0 Å². The Hall–Kier alpha value is -2.67. The number of aryl methyl sites for hydroxylation is 1. The van der Waals surface area contributed by atoms with E-state index in [1.807, 2.05) is 36.6 Å². The summed E-state index contributed by atoms with van der Waals surface area (Å²) in [7, 11) is 1.60. The number of methoxy groups -OCH3 is 1. The van der Waals surface area contributed by atoms with Crippen molar-refractivity contribution in [1.29, 1.82) is 0 Å². The van der Waals surface area contributed by atoms with Gasteiger partial charge in [0.1, 0.15) is 5.75 Å². The standard InChI is InChI=1S/C17H17N3O3S/c1-11-19-13(10-24-11)6-7-18-17(21)15-9-16(23-20-15)12-4-3-5-14(8-12)22-2/h3-5,8-10H,6-7H2,1-2H3,(H,18,21). The molecule has 0 bridgehead atoms. The van der Waals surface area contributed by atoms with E-state index < -0.39 is 0 Å². The van der Waals surface area contributed by atoms with E-state index in [1.165, 1.54) is 0 Å². The van der Waals surface area contributed by atoms with Gasteiger partial charge in [-0.15, -0.1) is 11.3 Å². The summed E-state index contributed by atoms with van der Waals surface area (Å²) in [6.45, 7) is 2.46. The average molecular weight is 343 g/mol. The van der Waals surface area contributed by atoms with E-state index >= 15 is 0 Å². The van der Waals surface area contributed by atoms with Gasteiger partial charge < -0.3 is 14.6 Å². The van der Waals surface area contributed by atoms with Gasteiger partial charge in [-0.1, -0.05) is 17.3 Å². The van der Waals surface area contributed by atoms with E-state index in [-0.39, 0.29) is 11.6 Å². The molecule has 0 spiro atoms. The monoisotopic (exact) mass is 343 g/mol. The molecule has 2 aromatic heterocycles. The summed E-state index contributed by atoms with van der Waals surface area (Å²) in [5.74, 6) is 0.975. The normalized spacial score (nSPS) is 10.6. The Kier molecular flexibility index (Phi) is 4.90. The molecular weight excluding hydrogens is 326 g/mol. The van der Waals surface area contributed by atoms with Crippen LogP contribution < -0.4 is 10.1 Å². The topological polar surface area (TPSA) is 77.2 Å². The van der Waals surface area contributed by atoms with Gasteiger partial charge in [-0.2, -0.15) is 0 Å². The lowest BCUT2D eigenvalue weighted by molar-refractivity contribution is 0.0945. The molecular formula is C17H17N3O3S. The highest BCUT2D eigenvalue weighted by atomic mass is 32.1. The first-order chi connectivity index (χ1) is 11.7. The molecule has 0 aliphatic carbocycles. The van der Waals surface area contributed by atoms with Crippen molar-refractivity contribution in [2.45, 2.75) is 13.3 Å². The number of carbonyl (C=O) groups is 1. The molecule has 0 radical (unpaired) electrons. The highest BCUT2D eigenvalue weighted by Gasteiger charge is 2.14. The molecule has 1 aromatic carbocycles. The molecule has 3 aromatic rings. The Morgan fingerprint density at radius 1 is 1.38 bits per heavy atom. The first-order valence-corrected chi connectivity index (χ1v) is 8.34. The number of nitrogens with one attached hydrogen (secondary N) is 1. The molecule has 0 aliphatic rings. The van der Waals surface area contributed by atoms with E-state index in [2.05, 4.69) is 15.5 Å². The molecule has 0 saturated heterocycles. The van der Waals surface area contributed by atoms with Gasteiger partial charge in [-0.25, -0.2) is 4.98 Å². The van der Waals surface area contributed by atoms with E-state index in [1.54, 1.807) is 24.5 Å². The van der Waals surface area contributed by atoms with Crippen molar-refractivity contribution in [3.63, 3.8) is 0 Å². The minimum atomic E-state index is -0.264. The summed E-state index contributed by atoms with van der Waals surface area (Å²) in [5, 5.41) is 9.68. The van der Waals surface area contributed by atoms with Crippen molar-refractivity contribution in [2.75, 3.05) is 13.7 Å². The molecule has 0 saturated carbocycles. The number of hydrogen-bond donors (Lipinski definition) is 1. The molecule has 124 valence electrons. The van der Waals surface area contributed by atoms with Crippen LogP contribution in [0, 0.1) is 6.92 Å². The van der Waals surface area contributed by atoms with Crippen molar-refractivity contribution in [2.24, 2.45) is 0 Å². The minimum Gasteiger partial charge on any atom is -0.497 e. The van der Waals surface area contributed by atoms with Gasteiger partial charge in [0.25, 0.3) is 5.91 Å². The molecule has 0 unspecified atom stereocenters. The second-order valence-electron chi connectivity index (χ2n) is 5.17. The van der Waals surface area contributed by atoms with Gasteiger partial charge in [0.05, 0.1) is 17.8 Å². The highest BCUT2D eigenvalue weighted by Crippen LogP contribution is 2.24. The van der Waals surface area contributed by atoms with Crippen LogP contribution in [-0.2, 0) is 6.42 Å². The van der Waals surface area contributed by atoms with Gasteiger partial charge in [0.15, 0.2) is 11.5 Å². The number of rotatable bonds is 6. The SMILES string of the molecule is COc1cccc(-c2cc(C(=O)NCCc3csc(C)n3)no2)c1. The maximum Gasteiger partial charge on any atom is 0.273 e. The lowest BCUT2D eigenvalue weighted by atomic mass is 10.1. The van der Waals surface area contributed by atoms with Crippen LogP contribution in [-0.4, -0.2) is 29.7 Å². The number of hydrogen-bond acceptors (Lipinski definition) is 6. The van der Waals surface area contributed by atoms with Gasteiger partial charge in [-0.05, 0) is 19.1 Å². The first-order valence-electron chi connectivity index (χ1n) is 7.46. The number of aromatic nitrogens is 2. The molecule has 6 nitrogen and oxygen atoms in total. The van der Waals surface area contributed by atoms with Crippen LogP contribution in [0.5, 0.6) is 5.75 Å². The Bertz CT molecular complexity index is 841. The van der Waals surface area contributed by atoms with Crippen LogP contribution in [0.3, 0.4) is 0 Å². The Balaban J connectivity index is 1.60. The second kappa shape index (κ2) is 7.27. The maximum atomic E-state index is 12.1. The van der Waals surface area contributed by atoms with Gasteiger partial charge in [0, 0.05) is 30.0 Å². The number of carbonyl (C=O) groups excluding carboxylic acids is 1. The molecule has 3 rings (SSSR count). The molecule has 2 heterocycles. The predicted octanol–water partition coefficient (Wildman–Crippen LogP) is 3.09.